The zero-order valence-corrected chi connectivity index (χ0v) is 17.4. The molecule has 0 radical (unpaired) electrons. The number of nitrogens with one attached hydrogen (secondary N) is 1. The summed E-state index contributed by atoms with van der Waals surface area (Å²) in [4.78, 5) is 24.5. The summed E-state index contributed by atoms with van der Waals surface area (Å²) in [5.41, 5.74) is 0.568. The van der Waals surface area contributed by atoms with Gasteiger partial charge in [-0.1, -0.05) is 44.5 Å². The molecule has 1 aromatic carbocycles. The highest BCUT2D eigenvalue weighted by molar-refractivity contribution is 6.74. The molecule has 1 amide bonds. The van der Waals surface area contributed by atoms with E-state index in [1.165, 1.54) is 0 Å². The van der Waals surface area contributed by atoms with Crippen LogP contribution < -0.4 is 5.32 Å². The van der Waals surface area contributed by atoms with Crippen molar-refractivity contribution in [2.75, 3.05) is 0 Å². The van der Waals surface area contributed by atoms with Gasteiger partial charge in [0.15, 0.2) is 14.1 Å². The third-order valence-corrected chi connectivity index (χ3v) is 9.99. The molecule has 2 rings (SSSR count). The minimum atomic E-state index is -1.98. The molecule has 6 heteroatoms. The predicted molar refractivity (Wildman–Crippen MR) is 104 cm³/mol. The number of hydrogen-bond donors (Lipinski definition) is 1. The van der Waals surface area contributed by atoms with E-state index in [2.05, 4.69) is 39.2 Å². The molecule has 1 fully saturated rings. The van der Waals surface area contributed by atoms with Crippen LogP contribution in [0.4, 0.5) is 0 Å². The molecule has 0 bridgehead atoms. The Bertz CT molecular complexity index is 654. The van der Waals surface area contributed by atoms with Gasteiger partial charge in [0.1, 0.15) is 0 Å². The molecule has 138 valence electrons. The number of carbonyl (C=O) groups excluding carboxylic acids is 2. The molecule has 0 aromatic heterocycles. The summed E-state index contributed by atoms with van der Waals surface area (Å²) in [5, 5.41) is 3.57. The molecule has 4 nitrogen and oxygen atoms in total. The number of hydrogen-bond acceptors (Lipinski definition) is 3. The van der Waals surface area contributed by atoms with E-state index in [0.29, 0.717) is 23.4 Å². The van der Waals surface area contributed by atoms with Crippen LogP contribution in [0.15, 0.2) is 24.3 Å². The molecule has 1 aliphatic rings. The summed E-state index contributed by atoms with van der Waals surface area (Å²) in [6.07, 6.45) is 1.21. The molecule has 0 saturated carbocycles. The fraction of sp³-hybridized carbons (Fsp3) is 0.579. The highest BCUT2D eigenvalue weighted by atomic mass is 35.5. The Morgan fingerprint density at radius 1 is 1.36 bits per heavy atom. The molecule has 2 atom stereocenters. The number of Topliss-reactive ketones (excluding diaryl/α,β-unsaturated/α-hetero) is 1. The van der Waals surface area contributed by atoms with Crippen LogP contribution in [-0.2, 0) is 9.22 Å². The summed E-state index contributed by atoms with van der Waals surface area (Å²) in [5.74, 6) is -0.0440. The SMILES string of the molecule is CC(C)(C)[Si](C)(C)O[C@@H]1CCC(=O)N[C@H]1CC(=O)c1cccc(Cl)c1. The van der Waals surface area contributed by atoms with Crippen molar-refractivity contribution in [2.24, 2.45) is 0 Å². The minimum absolute atomic E-state index is 0.0148. The number of rotatable bonds is 5. The average Bonchev–Trinajstić information content (AvgIpc) is 2.48. The van der Waals surface area contributed by atoms with Gasteiger partial charge in [-0.05, 0) is 36.7 Å². The summed E-state index contributed by atoms with van der Waals surface area (Å²) < 4.78 is 6.51. The Balaban J connectivity index is 2.14. The second-order valence-electron chi connectivity index (χ2n) is 8.27. The van der Waals surface area contributed by atoms with E-state index in [1.807, 2.05) is 0 Å². The maximum atomic E-state index is 12.6. The van der Waals surface area contributed by atoms with Gasteiger partial charge in [-0.15, -0.1) is 0 Å². The highest BCUT2D eigenvalue weighted by Crippen LogP contribution is 2.38. The summed E-state index contributed by atoms with van der Waals surface area (Å²) in [7, 11) is -1.98. The van der Waals surface area contributed by atoms with Gasteiger partial charge in [-0.3, -0.25) is 9.59 Å². The van der Waals surface area contributed by atoms with E-state index < -0.39 is 8.32 Å². The lowest BCUT2D eigenvalue weighted by atomic mass is 9.94. The van der Waals surface area contributed by atoms with Gasteiger partial charge in [0.25, 0.3) is 0 Å². The van der Waals surface area contributed by atoms with Crippen LogP contribution >= 0.6 is 11.6 Å². The first-order chi connectivity index (χ1) is 11.5. The van der Waals surface area contributed by atoms with E-state index in [4.69, 9.17) is 16.0 Å². The monoisotopic (exact) mass is 381 g/mol. The molecular formula is C19H28ClNO3Si. The topological polar surface area (TPSA) is 55.4 Å². The Morgan fingerprint density at radius 3 is 2.64 bits per heavy atom. The standard InChI is InChI=1S/C19H28ClNO3Si/c1-19(2,3)25(4,5)24-17-9-10-18(23)21-15(17)12-16(22)13-7-6-8-14(20)11-13/h6-8,11,15,17H,9-10,12H2,1-5H3,(H,21,23)/t15-,17+/m0/s1. The summed E-state index contributed by atoms with van der Waals surface area (Å²) >= 11 is 5.98. The maximum Gasteiger partial charge on any atom is 0.220 e. The average molecular weight is 382 g/mol. The Hall–Kier alpha value is -1.17. The van der Waals surface area contributed by atoms with Gasteiger partial charge in [0.2, 0.25) is 5.91 Å². The van der Waals surface area contributed by atoms with E-state index in [9.17, 15) is 9.59 Å². The van der Waals surface area contributed by atoms with Crippen LogP contribution in [0, 0.1) is 0 Å². The van der Waals surface area contributed by atoms with E-state index in [0.717, 1.165) is 0 Å². The molecule has 0 aliphatic carbocycles. The fourth-order valence-corrected chi connectivity index (χ4v) is 4.29. The van der Waals surface area contributed by atoms with Crippen molar-refractivity contribution in [3.05, 3.63) is 34.9 Å². The molecular weight excluding hydrogens is 354 g/mol. The molecule has 0 unspecified atom stereocenters. The van der Waals surface area contributed by atoms with Crippen LogP contribution in [0.25, 0.3) is 0 Å². The number of ketones is 1. The lowest BCUT2D eigenvalue weighted by molar-refractivity contribution is -0.125. The molecule has 1 heterocycles. The first kappa shape index (κ1) is 20.1. The molecule has 25 heavy (non-hydrogen) atoms. The van der Waals surface area contributed by atoms with Crippen molar-refractivity contribution in [3.8, 4) is 0 Å². The number of carbonyl (C=O) groups is 2. The molecule has 0 spiro atoms. The molecule has 1 saturated heterocycles. The third kappa shape index (κ3) is 5.15. The third-order valence-electron chi connectivity index (χ3n) is 5.26. The maximum absolute atomic E-state index is 12.6. The van der Waals surface area contributed by atoms with Crippen molar-refractivity contribution in [1.29, 1.82) is 0 Å². The van der Waals surface area contributed by atoms with Crippen LogP contribution in [0.1, 0.15) is 50.4 Å². The van der Waals surface area contributed by atoms with Gasteiger partial charge in [0, 0.05) is 23.4 Å². The second kappa shape index (κ2) is 7.60. The Kier molecular flexibility index (Phi) is 6.12. The lowest BCUT2D eigenvalue weighted by Crippen LogP contribution is -2.55. The van der Waals surface area contributed by atoms with E-state index in [-0.39, 0.29) is 35.3 Å². The van der Waals surface area contributed by atoms with Crippen LogP contribution in [-0.4, -0.2) is 32.2 Å². The molecule has 1 aliphatic heterocycles. The van der Waals surface area contributed by atoms with E-state index >= 15 is 0 Å². The van der Waals surface area contributed by atoms with Crippen LogP contribution in [0.3, 0.4) is 0 Å². The van der Waals surface area contributed by atoms with Gasteiger partial charge < -0.3 is 9.74 Å². The van der Waals surface area contributed by atoms with Crippen molar-refractivity contribution in [3.63, 3.8) is 0 Å². The quantitative estimate of drug-likeness (QED) is 0.599. The smallest absolute Gasteiger partial charge is 0.220 e. The zero-order valence-electron chi connectivity index (χ0n) is 15.7. The number of amides is 1. The van der Waals surface area contributed by atoms with Crippen molar-refractivity contribution in [1.82, 2.24) is 5.32 Å². The highest BCUT2D eigenvalue weighted by Gasteiger charge is 2.42. The zero-order chi connectivity index (χ0) is 18.8. The summed E-state index contributed by atoms with van der Waals surface area (Å²) in [6, 6.07) is 6.63. The Labute approximate surface area is 156 Å². The predicted octanol–water partition coefficient (Wildman–Crippen LogP) is 4.58. The number of benzene rings is 1. The van der Waals surface area contributed by atoms with Crippen molar-refractivity contribution >= 4 is 31.6 Å². The Morgan fingerprint density at radius 2 is 2.04 bits per heavy atom. The van der Waals surface area contributed by atoms with Crippen molar-refractivity contribution < 1.29 is 14.0 Å². The lowest BCUT2D eigenvalue weighted by Gasteiger charge is -2.43. The van der Waals surface area contributed by atoms with Gasteiger partial charge in [0.05, 0.1) is 12.1 Å². The molecule has 1 N–H and O–H groups in total. The fourth-order valence-electron chi connectivity index (χ4n) is 2.70. The molecule has 1 aromatic rings. The first-order valence-electron chi connectivity index (χ1n) is 8.75. The normalized spacial score (nSPS) is 21.8. The van der Waals surface area contributed by atoms with Gasteiger partial charge in [-0.25, -0.2) is 0 Å². The van der Waals surface area contributed by atoms with Gasteiger partial charge >= 0.3 is 0 Å². The second-order valence-corrected chi connectivity index (χ2v) is 13.5. The van der Waals surface area contributed by atoms with Crippen molar-refractivity contribution in [2.45, 2.75) is 70.3 Å². The van der Waals surface area contributed by atoms with Crippen LogP contribution in [0.5, 0.6) is 0 Å². The largest absolute Gasteiger partial charge is 0.412 e. The number of piperidine rings is 1. The number of halogens is 1. The van der Waals surface area contributed by atoms with Gasteiger partial charge in [-0.2, -0.15) is 0 Å². The summed E-state index contributed by atoms with van der Waals surface area (Å²) in [6.45, 7) is 10.9. The van der Waals surface area contributed by atoms with E-state index in [1.54, 1.807) is 24.3 Å². The van der Waals surface area contributed by atoms with Crippen LogP contribution in [0.2, 0.25) is 23.2 Å². The first-order valence-corrected chi connectivity index (χ1v) is 12.0. The minimum Gasteiger partial charge on any atom is -0.412 e.